The Bertz CT molecular complexity index is 325. The van der Waals surface area contributed by atoms with Gasteiger partial charge in [-0.25, -0.2) is 9.59 Å². The Morgan fingerprint density at radius 2 is 1.94 bits per heavy atom. The average molecular weight is 272 g/mol. The lowest BCUT2D eigenvalue weighted by molar-refractivity contribution is -0.148. The first kappa shape index (κ1) is 13.5. The second-order valence-corrected chi connectivity index (χ2v) is 6.36. The van der Waals surface area contributed by atoms with Gasteiger partial charge < -0.3 is 15.7 Å². The minimum atomic E-state index is -1.01. The van der Waals surface area contributed by atoms with Crippen LogP contribution in [0.2, 0.25) is 0 Å². The summed E-state index contributed by atoms with van der Waals surface area (Å²) in [6.45, 7) is 0.655. The first-order valence-corrected chi connectivity index (χ1v) is 7.65. The smallest absolute Gasteiger partial charge is 0.329 e. The molecule has 1 saturated carbocycles. The van der Waals surface area contributed by atoms with Gasteiger partial charge in [-0.15, -0.1) is 0 Å². The van der Waals surface area contributed by atoms with Gasteiger partial charge >= 0.3 is 12.0 Å². The summed E-state index contributed by atoms with van der Waals surface area (Å²) >= 11 is 1.95. The van der Waals surface area contributed by atoms with Crippen LogP contribution in [0.15, 0.2) is 0 Å². The lowest BCUT2D eigenvalue weighted by atomic mass is 9.77. The summed E-state index contributed by atoms with van der Waals surface area (Å²) < 4.78 is 0. The minimum absolute atomic E-state index is 0.338. The molecule has 2 aliphatic rings. The van der Waals surface area contributed by atoms with E-state index in [1.165, 1.54) is 0 Å². The van der Waals surface area contributed by atoms with E-state index >= 15 is 0 Å². The minimum Gasteiger partial charge on any atom is -0.480 e. The van der Waals surface area contributed by atoms with Gasteiger partial charge in [-0.2, -0.15) is 11.8 Å². The van der Waals surface area contributed by atoms with E-state index in [0.717, 1.165) is 30.8 Å². The number of rotatable bonds is 4. The van der Waals surface area contributed by atoms with Crippen molar-refractivity contribution < 1.29 is 14.7 Å². The molecule has 0 atom stereocenters. The second-order valence-electron chi connectivity index (χ2n) is 5.13. The first-order valence-electron chi connectivity index (χ1n) is 6.49. The van der Waals surface area contributed by atoms with Crippen LogP contribution in [0.5, 0.6) is 0 Å². The van der Waals surface area contributed by atoms with E-state index in [1.807, 2.05) is 11.8 Å². The van der Waals surface area contributed by atoms with E-state index in [-0.39, 0.29) is 6.03 Å². The van der Waals surface area contributed by atoms with Crippen molar-refractivity contribution in [3.63, 3.8) is 0 Å². The number of amides is 2. The van der Waals surface area contributed by atoms with Gasteiger partial charge in [0.05, 0.1) is 0 Å². The molecule has 5 nitrogen and oxygen atoms in total. The van der Waals surface area contributed by atoms with Crippen molar-refractivity contribution in [2.45, 2.75) is 37.6 Å². The Morgan fingerprint density at radius 1 is 1.28 bits per heavy atom. The molecule has 2 fully saturated rings. The lowest BCUT2D eigenvalue weighted by Crippen LogP contribution is -2.61. The van der Waals surface area contributed by atoms with Crippen molar-refractivity contribution in [1.29, 1.82) is 0 Å². The third-order valence-electron chi connectivity index (χ3n) is 3.86. The SMILES string of the molecule is O=C(NCC1CCSCC1)NC1(C(=O)O)CCC1. The van der Waals surface area contributed by atoms with Gasteiger partial charge in [-0.1, -0.05) is 0 Å². The molecule has 2 amide bonds. The summed E-state index contributed by atoms with van der Waals surface area (Å²) in [7, 11) is 0. The Labute approximate surface area is 111 Å². The van der Waals surface area contributed by atoms with Crippen LogP contribution >= 0.6 is 11.8 Å². The number of nitrogens with one attached hydrogen (secondary N) is 2. The number of thioether (sulfide) groups is 1. The molecule has 0 aromatic heterocycles. The molecule has 1 saturated heterocycles. The third-order valence-corrected chi connectivity index (χ3v) is 4.91. The number of carboxylic acid groups (broad SMARTS) is 1. The number of urea groups is 1. The summed E-state index contributed by atoms with van der Waals surface area (Å²) in [6, 6.07) is -0.338. The highest BCUT2D eigenvalue weighted by atomic mass is 32.2. The zero-order valence-corrected chi connectivity index (χ0v) is 11.2. The predicted octanol–water partition coefficient (Wildman–Crippen LogP) is 1.44. The molecule has 0 spiro atoms. The molecule has 6 heteroatoms. The van der Waals surface area contributed by atoms with Crippen LogP contribution in [0.25, 0.3) is 0 Å². The van der Waals surface area contributed by atoms with Crippen molar-refractivity contribution in [3.8, 4) is 0 Å². The Morgan fingerprint density at radius 3 is 2.44 bits per heavy atom. The molecule has 18 heavy (non-hydrogen) atoms. The molecule has 2 rings (SSSR count). The van der Waals surface area contributed by atoms with Crippen LogP contribution < -0.4 is 10.6 Å². The molecule has 0 bridgehead atoms. The molecule has 1 heterocycles. The van der Waals surface area contributed by atoms with Gasteiger partial charge in [0.1, 0.15) is 5.54 Å². The molecule has 1 aliphatic heterocycles. The summed E-state index contributed by atoms with van der Waals surface area (Å²) in [4.78, 5) is 22.8. The van der Waals surface area contributed by atoms with Gasteiger partial charge in [0, 0.05) is 6.54 Å². The molecule has 0 radical (unpaired) electrons. The largest absolute Gasteiger partial charge is 0.480 e. The quantitative estimate of drug-likeness (QED) is 0.723. The summed E-state index contributed by atoms with van der Waals surface area (Å²) in [5, 5.41) is 14.5. The fraction of sp³-hybridized carbons (Fsp3) is 0.833. The Hall–Kier alpha value is -0.910. The van der Waals surface area contributed by atoms with Crippen molar-refractivity contribution in [1.82, 2.24) is 10.6 Å². The first-order chi connectivity index (χ1) is 8.62. The maximum Gasteiger partial charge on any atom is 0.329 e. The molecular formula is C12H20N2O3S. The highest BCUT2D eigenvalue weighted by Gasteiger charge is 2.45. The topological polar surface area (TPSA) is 78.4 Å². The Kier molecular flexibility index (Phi) is 4.37. The number of carboxylic acids is 1. The fourth-order valence-corrected chi connectivity index (χ4v) is 3.58. The summed E-state index contributed by atoms with van der Waals surface area (Å²) in [6.07, 6.45) is 4.21. The zero-order chi connectivity index (χ0) is 13.0. The van der Waals surface area contributed by atoms with E-state index in [0.29, 0.717) is 25.3 Å². The highest BCUT2D eigenvalue weighted by Crippen LogP contribution is 2.31. The van der Waals surface area contributed by atoms with E-state index in [2.05, 4.69) is 10.6 Å². The maximum absolute atomic E-state index is 11.7. The van der Waals surface area contributed by atoms with E-state index < -0.39 is 11.5 Å². The molecule has 1 aliphatic carbocycles. The van der Waals surface area contributed by atoms with Crippen LogP contribution in [0.3, 0.4) is 0 Å². The maximum atomic E-state index is 11.7. The van der Waals surface area contributed by atoms with E-state index in [4.69, 9.17) is 5.11 Å². The number of aliphatic carboxylic acids is 1. The predicted molar refractivity (Wildman–Crippen MR) is 70.8 cm³/mol. The van der Waals surface area contributed by atoms with Gasteiger partial charge in [-0.05, 0) is 49.5 Å². The number of carbonyl (C=O) groups is 2. The van der Waals surface area contributed by atoms with Crippen molar-refractivity contribution in [2.75, 3.05) is 18.1 Å². The van der Waals surface area contributed by atoms with Crippen LogP contribution in [-0.4, -0.2) is 40.7 Å². The van der Waals surface area contributed by atoms with Crippen LogP contribution in [0, 0.1) is 5.92 Å². The van der Waals surface area contributed by atoms with Gasteiger partial charge in [-0.3, -0.25) is 0 Å². The number of hydrogen-bond acceptors (Lipinski definition) is 3. The molecule has 0 aromatic carbocycles. The fourth-order valence-electron chi connectivity index (χ4n) is 2.37. The normalized spacial score (nSPS) is 22.9. The Balaban J connectivity index is 1.73. The van der Waals surface area contributed by atoms with Gasteiger partial charge in [0.15, 0.2) is 0 Å². The average Bonchev–Trinajstić information content (AvgIpc) is 2.32. The van der Waals surface area contributed by atoms with Crippen molar-refractivity contribution in [2.24, 2.45) is 5.92 Å². The summed E-state index contributed by atoms with van der Waals surface area (Å²) in [5.74, 6) is 1.94. The van der Waals surface area contributed by atoms with Crippen LogP contribution in [-0.2, 0) is 4.79 Å². The van der Waals surface area contributed by atoms with Crippen molar-refractivity contribution in [3.05, 3.63) is 0 Å². The van der Waals surface area contributed by atoms with Crippen molar-refractivity contribution >= 4 is 23.8 Å². The zero-order valence-electron chi connectivity index (χ0n) is 10.4. The van der Waals surface area contributed by atoms with Crippen LogP contribution in [0.1, 0.15) is 32.1 Å². The molecular weight excluding hydrogens is 252 g/mol. The van der Waals surface area contributed by atoms with Gasteiger partial charge in [0.25, 0.3) is 0 Å². The molecule has 0 unspecified atom stereocenters. The summed E-state index contributed by atoms with van der Waals surface area (Å²) in [5.41, 5.74) is -1.01. The van der Waals surface area contributed by atoms with Gasteiger partial charge in [0.2, 0.25) is 0 Å². The van der Waals surface area contributed by atoms with E-state index in [9.17, 15) is 9.59 Å². The van der Waals surface area contributed by atoms with Crippen LogP contribution in [0.4, 0.5) is 4.79 Å². The standard InChI is InChI=1S/C12H20N2O3S/c15-10(16)12(4-1-5-12)14-11(17)13-8-9-2-6-18-7-3-9/h9H,1-8H2,(H,15,16)(H2,13,14,17). The number of hydrogen-bond donors (Lipinski definition) is 3. The lowest BCUT2D eigenvalue weighted by Gasteiger charge is -2.38. The monoisotopic (exact) mass is 272 g/mol. The highest BCUT2D eigenvalue weighted by molar-refractivity contribution is 7.99. The van der Waals surface area contributed by atoms with E-state index in [1.54, 1.807) is 0 Å². The molecule has 3 N–H and O–H groups in total. The third kappa shape index (κ3) is 3.10. The number of carbonyl (C=O) groups excluding carboxylic acids is 1. The molecule has 0 aromatic rings. The molecule has 102 valence electrons. The second kappa shape index (κ2) is 5.82.